The first-order valence-electron chi connectivity index (χ1n) is 5.56. The number of halogens is 1. The van der Waals surface area contributed by atoms with Gasteiger partial charge in [0, 0.05) is 16.6 Å². The maximum absolute atomic E-state index is 11.6. The van der Waals surface area contributed by atoms with Crippen LogP contribution in [0.2, 0.25) is 0 Å². The van der Waals surface area contributed by atoms with Crippen molar-refractivity contribution in [1.29, 1.82) is 0 Å². The van der Waals surface area contributed by atoms with Crippen LogP contribution in [0, 0.1) is 0 Å². The molecule has 0 atom stereocenters. The van der Waals surface area contributed by atoms with Crippen LogP contribution in [0.25, 0.3) is 0 Å². The minimum absolute atomic E-state index is 0.0457. The molecule has 1 N–H and O–H groups in total. The molecule has 0 saturated heterocycles. The van der Waals surface area contributed by atoms with Crippen molar-refractivity contribution >= 4 is 21.9 Å². The fourth-order valence-electron chi connectivity index (χ4n) is 1.24. The van der Waals surface area contributed by atoms with E-state index in [1.54, 1.807) is 12.1 Å². The van der Waals surface area contributed by atoms with Crippen molar-refractivity contribution in [2.45, 2.75) is 26.3 Å². The van der Waals surface area contributed by atoms with Crippen LogP contribution in [0.4, 0.5) is 0 Å². The van der Waals surface area contributed by atoms with E-state index in [-0.39, 0.29) is 11.5 Å². The van der Waals surface area contributed by atoms with Crippen molar-refractivity contribution < 1.29 is 9.53 Å². The molecule has 94 valence electrons. The molecule has 3 nitrogen and oxygen atoms in total. The van der Waals surface area contributed by atoms with Gasteiger partial charge in [-0.3, -0.25) is 0 Å². The summed E-state index contributed by atoms with van der Waals surface area (Å²) in [5.74, 6) is -0.284. The van der Waals surface area contributed by atoms with E-state index >= 15 is 0 Å². The summed E-state index contributed by atoms with van der Waals surface area (Å²) in [7, 11) is 0. The van der Waals surface area contributed by atoms with E-state index in [1.165, 1.54) is 0 Å². The van der Waals surface area contributed by atoms with Crippen molar-refractivity contribution in [2.24, 2.45) is 0 Å². The number of ether oxygens (including phenoxy) is 1. The molecule has 0 unspecified atom stereocenters. The second-order valence-corrected chi connectivity index (χ2v) is 5.74. The van der Waals surface area contributed by atoms with Crippen LogP contribution in [-0.4, -0.2) is 24.7 Å². The number of nitrogens with one attached hydrogen (secondary N) is 1. The molecule has 0 aliphatic carbocycles. The van der Waals surface area contributed by atoms with Gasteiger partial charge in [0.1, 0.15) is 6.61 Å². The van der Waals surface area contributed by atoms with Crippen LogP contribution in [0.3, 0.4) is 0 Å². The van der Waals surface area contributed by atoms with Gasteiger partial charge in [-0.25, -0.2) is 4.79 Å². The number of carbonyl (C=O) groups is 1. The Kier molecular flexibility index (Phi) is 5.15. The van der Waals surface area contributed by atoms with Gasteiger partial charge in [0.25, 0.3) is 0 Å². The highest BCUT2D eigenvalue weighted by atomic mass is 79.9. The molecule has 0 heterocycles. The van der Waals surface area contributed by atoms with Gasteiger partial charge in [-0.05, 0) is 45.0 Å². The topological polar surface area (TPSA) is 38.3 Å². The first kappa shape index (κ1) is 14.2. The van der Waals surface area contributed by atoms with E-state index in [9.17, 15) is 4.79 Å². The van der Waals surface area contributed by atoms with Crippen LogP contribution >= 0.6 is 15.9 Å². The number of hydrogen-bond donors (Lipinski definition) is 1. The molecule has 0 bridgehead atoms. The molecule has 0 radical (unpaired) electrons. The third-order valence-corrected chi connectivity index (χ3v) is 2.60. The monoisotopic (exact) mass is 299 g/mol. The molecule has 17 heavy (non-hydrogen) atoms. The Morgan fingerprint density at radius 2 is 1.88 bits per heavy atom. The molecule has 1 aromatic rings. The van der Waals surface area contributed by atoms with Gasteiger partial charge in [0.2, 0.25) is 0 Å². The van der Waals surface area contributed by atoms with Crippen LogP contribution < -0.4 is 5.32 Å². The fourth-order valence-corrected chi connectivity index (χ4v) is 1.50. The average molecular weight is 300 g/mol. The zero-order chi connectivity index (χ0) is 12.9. The Morgan fingerprint density at radius 3 is 2.41 bits per heavy atom. The maximum atomic E-state index is 11.6. The second-order valence-electron chi connectivity index (χ2n) is 4.82. The smallest absolute Gasteiger partial charge is 0.338 e. The molecule has 0 aliphatic heterocycles. The molecule has 0 aliphatic rings. The van der Waals surface area contributed by atoms with Crippen LogP contribution in [0.1, 0.15) is 31.1 Å². The summed E-state index contributed by atoms with van der Waals surface area (Å²) >= 11 is 3.32. The zero-order valence-electron chi connectivity index (χ0n) is 10.4. The predicted octanol–water partition coefficient (Wildman–Crippen LogP) is 2.99. The standard InChI is InChI=1S/C13H18BrNO2/c1-13(2,3)15-8-9-17-12(16)10-4-6-11(14)7-5-10/h4-7,15H,8-9H2,1-3H3. The van der Waals surface area contributed by atoms with Crippen LogP contribution in [0.5, 0.6) is 0 Å². The molecular weight excluding hydrogens is 282 g/mol. The Morgan fingerprint density at radius 1 is 1.29 bits per heavy atom. The van der Waals surface area contributed by atoms with E-state index in [1.807, 2.05) is 12.1 Å². The maximum Gasteiger partial charge on any atom is 0.338 e. The highest BCUT2D eigenvalue weighted by molar-refractivity contribution is 9.10. The van der Waals surface area contributed by atoms with Crippen molar-refractivity contribution in [3.63, 3.8) is 0 Å². The van der Waals surface area contributed by atoms with Crippen molar-refractivity contribution in [2.75, 3.05) is 13.2 Å². The van der Waals surface area contributed by atoms with E-state index in [2.05, 4.69) is 42.0 Å². The van der Waals surface area contributed by atoms with Gasteiger partial charge < -0.3 is 10.1 Å². The summed E-state index contributed by atoms with van der Waals surface area (Å²) in [5.41, 5.74) is 0.619. The Bertz CT molecular complexity index is 368. The molecule has 0 amide bonds. The summed E-state index contributed by atoms with van der Waals surface area (Å²) in [5, 5.41) is 3.25. The number of hydrogen-bond acceptors (Lipinski definition) is 3. The lowest BCUT2D eigenvalue weighted by atomic mass is 10.1. The first-order valence-corrected chi connectivity index (χ1v) is 6.35. The fraction of sp³-hybridized carbons (Fsp3) is 0.462. The molecular formula is C13H18BrNO2. The quantitative estimate of drug-likeness (QED) is 0.686. The molecule has 0 aromatic heterocycles. The molecule has 0 spiro atoms. The summed E-state index contributed by atoms with van der Waals surface area (Å²) in [4.78, 5) is 11.6. The van der Waals surface area contributed by atoms with Crippen LogP contribution in [0.15, 0.2) is 28.7 Å². The third-order valence-electron chi connectivity index (χ3n) is 2.07. The average Bonchev–Trinajstić information content (AvgIpc) is 2.24. The molecule has 4 heteroatoms. The van der Waals surface area contributed by atoms with Gasteiger partial charge in [-0.2, -0.15) is 0 Å². The number of esters is 1. The lowest BCUT2D eigenvalue weighted by Gasteiger charge is -2.20. The highest BCUT2D eigenvalue weighted by Crippen LogP contribution is 2.11. The Hall–Kier alpha value is -0.870. The van der Waals surface area contributed by atoms with Gasteiger partial charge in [0.05, 0.1) is 5.56 Å². The molecule has 1 aromatic carbocycles. The van der Waals surface area contributed by atoms with Crippen LogP contribution in [-0.2, 0) is 4.74 Å². The van der Waals surface area contributed by atoms with Crippen molar-refractivity contribution in [3.05, 3.63) is 34.3 Å². The van der Waals surface area contributed by atoms with Gasteiger partial charge in [0.15, 0.2) is 0 Å². The Labute approximate surface area is 111 Å². The van der Waals surface area contributed by atoms with E-state index in [0.717, 1.165) is 4.47 Å². The number of rotatable bonds is 4. The summed E-state index contributed by atoms with van der Waals surface area (Å²) < 4.78 is 6.09. The highest BCUT2D eigenvalue weighted by Gasteiger charge is 2.09. The van der Waals surface area contributed by atoms with Crippen molar-refractivity contribution in [3.8, 4) is 0 Å². The first-order chi connectivity index (χ1) is 7.88. The minimum atomic E-state index is -0.284. The molecule has 0 saturated carbocycles. The molecule has 1 rings (SSSR count). The van der Waals surface area contributed by atoms with Gasteiger partial charge in [-0.15, -0.1) is 0 Å². The van der Waals surface area contributed by atoms with Gasteiger partial charge >= 0.3 is 5.97 Å². The summed E-state index contributed by atoms with van der Waals surface area (Å²) in [6.07, 6.45) is 0. The SMILES string of the molecule is CC(C)(C)NCCOC(=O)c1ccc(Br)cc1. The molecule has 0 fully saturated rings. The van der Waals surface area contributed by atoms with Gasteiger partial charge in [-0.1, -0.05) is 15.9 Å². The normalized spacial score (nSPS) is 11.3. The largest absolute Gasteiger partial charge is 0.461 e. The minimum Gasteiger partial charge on any atom is -0.461 e. The number of carbonyl (C=O) groups excluding carboxylic acids is 1. The van der Waals surface area contributed by atoms with E-state index < -0.39 is 0 Å². The third kappa shape index (κ3) is 5.84. The van der Waals surface area contributed by atoms with E-state index in [0.29, 0.717) is 18.7 Å². The van der Waals surface area contributed by atoms with E-state index in [4.69, 9.17) is 4.74 Å². The van der Waals surface area contributed by atoms with Crippen molar-refractivity contribution in [1.82, 2.24) is 5.32 Å². The zero-order valence-corrected chi connectivity index (χ0v) is 12.0. The summed E-state index contributed by atoms with van der Waals surface area (Å²) in [6.45, 7) is 7.26. The Balaban J connectivity index is 2.33. The predicted molar refractivity (Wildman–Crippen MR) is 72.2 cm³/mol. The second kappa shape index (κ2) is 6.17. The lowest BCUT2D eigenvalue weighted by Crippen LogP contribution is -2.38. The number of benzene rings is 1. The lowest BCUT2D eigenvalue weighted by molar-refractivity contribution is 0.0502. The summed E-state index contributed by atoms with van der Waals surface area (Å²) in [6, 6.07) is 7.13.